The second-order valence-electron chi connectivity index (χ2n) is 7.44. The number of rotatable bonds is 5. The zero-order valence-electron chi connectivity index (χ0n) is 16.6. The number of thiophene rings is 1. The highest BCUT2D eigenvalue weighted by Gasteiger charge is 2.28. The van der Waals surface area contributed by atoms with E-state index in [1.54, 1.807) is 11.3 Å². The number of fused-ring (bicyclic) bond motifs is 1. The predicted molar refractivity (Wildman–Crippen MR) is 112 cm³/mol. The van der Waals surface area contributed by atoms with Crippen LogP contribution in [-0.2, 0) is 11.2 Å². The van der Waals surface area contributed by atoms with Crippen LogP contribution in [0.15, 0.2) is 21.9 Å². The molecule has 0 atom stereocenters. The van der Waals surface area contributed by atoms with Crippen molar-refractivity contribution in [2.75, 3.05) is 24.5 Å². The Morgan fingerprint density at radius 1 is 1.29 bits per heavy atom. The number of carbonyl (C=O) groups is 1. The molecule has 4 rings (SSSR count). The molecule has 1 saturated heterocycles. The third-order valence-corrected chi connectivity index (χ3v) is 6.47. The monoisotopic (exact) mass is 398 g/mol. The van der Waals surface area contributed by atoms with Crippen LogP contribution in [-0.4, -0.2) is 35.5 Å². The fourth-order valence-corrected chi connectivity index (χ4v) is 4.53. The molecule has 7 heteroatoms. The van der Waals surface area contributed by atoms with E-state index in [-0.39, 0.29) is 11.8 Å². The van der Waals surface area contributed by atoms with Crippen LogP contribution in [0.3, 0.4) is 0 Å². The van der Waals surface area contributed by atoms with E-state index < -0.39 is 0 Å². The largest absolute Gasteiger partial charge is 0.443 e. The maximum Gasteiger partial charge on any atom is 0.231 e. The number of aryl methyl sites for hydroxylation is 3. The van der Waals surface area contributed by atoms with Gasteiger partial charge in [-0.3, -0.25) is 4.79 Å². The Kier molecular flexibility index (Phi) is 5.35. The first-order valence-corrected chi connectivity index (χ1v) is 10.7. The molecule has 0 unspecified atom stereocenters. The van der Waals surface area contributed by atoms with E-state index in [1.807, 2.05) is 19.9 Å². The summed E-state index contributed by atoms with van der Waals surface area (Å²) in [6, 6.07) is 4.16. The lowest BCUT2D eigenvalue weighted by Crippen LogP contribution is -2.41. The molecule has 1 aliphatic heterocycles. The lowest BCUT2D eigenvalue weighted by atomic mass is 9.95. The molecule has 4 heterocycles. The lowest BCUT2D eigenvalue weighted by Gasteiger charge is -2.32. The van der Waals surface area contributed by atoms with Crippen molar-refractivity contribution < 1.29 is 9.21 Å². The maximum absolute atomic E-state index is 12.5. The first-order chi connectivity index (χ1) is 13.5. The SMILES string of the molecule is Cc1nc(N2CCC(C(=O)NCCc3cccs3)CC2)c2c(C)c(C)oc2n1. The Morgan fingerprint density at radius 3 is 2.79 bits per heavy atom. The van der Waals surface area contributed by atoms with Gasteiger partial charge in [-0.15, -0.1) is 11.3 Å². The Labute approximate surface area is 169 Å². The summed E-state index contributed by atoms with van der Waals surface area (Å²) in [6.07, 6.45) is 2.58. The minimum atomic E-state index is 0.0743. The molecule has 3 aromatic rings. The van der Waals surface area contributed by atoms with Crippen molar-refractivity contribution in [1.29, 1.82) is 0 Å². The highest BCUT2D eigenvalue weighted by atomic mass is 32.1. The van der Waals surface area contributed by atoms with Crippen molar-refractivity contribution >= 4 is 34.2 Å². The zero-order chi connectivity index (χ0) is 19.7. The molecular weight excluding hydrogens is 372 g/mol. The van der Waals surface area contributed by atoms with E-state index in [4.69, 9.17) is 9.40 Å². The van der Waals surface area contributed by atoms with Gasteiger partial charge in [-0.1, -0.05) is 6.07 Å². The molecule has 3 aromatic heterocycles. The van der Waals surface area contributed by atoms with Crippen LogP contribution in [0.5, 0.6) is 0 Å². The van der Waals surface area contributed by atoms with Crippen molar-refractivity contribution in [1.82, 2.24) is 15.3 Å². The van der Waals surface area contributed by atoms with Crippen molar-refractivity contribution in [3.63, 3.8) is 0 Å². The van der Waals surface area contributed by atoms with Gasteiger partial charge in [-0.25, -0.2) is 4.98 Å². The van der Waals surface area contributed by atoms with Gasteiger partial charge in [0.25, 0.3) is 0 Å². The summed E-state index contributed by atoms with van der Waals surface area (Å²) in [5.41, 5.74) is 1.75. The van der Waals surface area contributed by atoms with Crippen LogP contribution in [0.25, 0.3) is 11.1 Å². The van der Waals surface area contributed by atoms with Crippen LogP contribution >= 0.6 is 11.3 Å². The van der Waals surface area contributed by atoms with Crippen molar-refractivity contribution in [2.45, 2.75) is 40.0 Å². The van der Waals surface area contributed by atoms with Gasteiger partial charge in [-0.05, 0) is 51.5 Å². The van der Waals surface area contributed by atoms with Gasteiger partial charge in [0, 0.05) is 36.0 Å². The van der Waals surface area contributed by atoms with Gasteiger partial charge in [0.05, 0.1) is 5.39 Å². The third kappa shape index (κ3) is 3.76. The molecule has 1 fully saturated rings. The fourth-order valence-electron chi connectivity index (χ4n) is 3.82. The molecule has 0 aliphatic carbocycles. The minimum Gasteiger partial charge on any atom is -0.443 e. The number of aromatic nitrogens is 2. The highest BCUT2D eigenvalue weighted by molar-refractivity contribution is 7.09. The van der Waals surface area contributed by atoms with Gasteiger partial charge in [0.2, 0.25) is 11.6 Å². The molecule has 0 aromatic carbocycles. The number of furan rings is 1. The smallest absolute Gasteiger partial charge is 0.231 e. The molecule has 0 radical (unpaired) electrons. The van der Waals surface area contributed by atoms with E-state index in [0.717, 1.165) is 54.9 Å². The first kappa shape index (κ1) is 18.9. The molecule has 148 valence electrons. The molecule has 6 nitrogen and oxygen atoms in total. The number of anilines is 1. The number of amides is 1. The van der Waals surface area contributed by atoms with Crippen LogP contribution in [0.2, 0.25) is 0 Å². The second-order valence-corrected chi connectivity index (χ2v) is 8.47. The topological polar surface area (TPSA) is 71.3 Å². The number of hydrogen-bond donors (Lipinski definition) is 1. The summed E-state index contributed by atoms with van der Waals surface area (Å²) in [5.74, 6) is 2.79. The van der Waals surface area contributed by atoms with Crippen LogP contribution in [0.4, 0.5) is 5.82 Å². The molecule has 1 N–H and O–H groups in total. The van der Waals surface area contributed by atoms with Crippen molar-refractivity contribution in [2.24, 2.45) is 5.92 Å². The average molecular weight is 399 g/mol. The summed E-state index contributed by atoms with van der Waals surface area (Å²) in [6.45, 7) is 8.25. The normalized spacial score (nSPS) is 15.3. The summed E-state index contributed by atoms with van der Waals surface area (Å²) >= 11 is 1.74. The number of nitrogens with one attached hydrogen (secondary N) is 1. The van der Waals surface area contributed by atoms with Crippen LogP contribution in [0.1, 0.15) is 34.9 Å². The van der Waals surface area contributed by atoms with Gasteiger partial charge in [0.15, 0.2) is 0 Å². The number of nitrogens with zero attached hydrogens (tertiary/aromatic N) is 3. The van der Waals surface area contributed by atoms with E-state index in [1.165, 1.54) is 4.88 Å². The van der Waals surface area contributed by atoms with Gasteiger partial charge in [0.1, 0.15) is 17.4 Å². The number of hydrogen-bond acceptors (Lipinski definition) is 6. The summed E-state index contributed by atoms with van der Waals surface area (Å²) in [4.78, 5) is 25.3. The third-order valence-electron chi connectivity index (χ3n) is 5.54. The van der Waals surface area contributed by atoms with Crippen LogP contribution in [0, 0.1) is 26.7 Å². The Hall–Kier alpha value is -2.41. The lowest BCUT2D eigenvalue weighted by molar-refractivity contribution is -0.125. The minimum absolute atomic E-state index is 0.0743. The van der Waals surface area contributed by atoms with E-state index in [9.17, 15) is 4.79 Å². The Morgan fingerprint density at radius 2 is 2.07 bits per heavy atom. The molecule has 28 heavy (non-hydrogen) atoms. The van der Waals surface area contributed by atoms with Gasteiger partial charge in [-0.2, -0.15) is 4.98 Å². The second kappa shape index (κ2) is 7.91. The number of piperidine rings is 1. The molecular formula is C21H26N4O2S. The molecule has 0 bridgehead atoms. The summed E-state index contributed by atoms with van der Waals surface area (Å²) in [7, 11) is 0. The van der Waals surface area contributed by atoms with Gasteiger partial charge >= 0.3 is 0 Å². The predicted octanol–water partition coefficient (Wildman–Crippen LogP) is 3.78. The standard InChI is InChI=1S/C21H26N4O2S/c1-13-14(2)27-21-18(13)19(23-15(3)24-21)25-10-7-16(8-11-25)20(26)22-9-6-17-5-4-12-28-17/h4-5,12,16H,6-11H2,1-3H3,(H,22,26). The average Bonchev–Trinajstić information content (AvgIpc) is 3.29. The number of carbonyl (C=O) groups excluding carboxylic acids is 1. The van der Waals surface area contributed by atoms with E-state index >= 15 is 0 Å². The van der Waals surface area contributed by atoms with Gasteiger partial charge < -0.3 is 14.6 Å². The first-order valence-electron chi connectivity index (χ1n) is 9.82. The van der Waals surface area contributed by atoms with Crippen molar-refractivity contribution in [3.05, 3.63) is 39.5 Å². The summed E-state index contributed by atoms with van der Waals surface area (Å²) in [5, 5.41) is 6.18. The van der Waals surface area contributed by atoms with Crippen molar-refractivity contribution in [3.8, 4) is 0 Å². The molecule has 0 spiro atoms. The zero-order valence-corrected chi connectivity index (χ0v) is 17.4. The Balaban J connectivity index is 1.39. The van der Waals surface area contributed by atoms with E-state index in [2.05, 4.69) is 33.6 Å². The maximum atomic E-state index is 12.5. The molecule has 1 amide bonds. The fraction of sp³-hybridized carbons (Fsp3) is 0.476. The molecule has 1 aliphatic rings. The highest BCUT2D eigenvalue weighted by Crippen LogP contribution is 2.33. The van der Waals surface area contributed by atoms with E-state index in [0.29, 0.717) is 18.1 Å². The van der Waals surface area contributed by atoms with Crippen LogP contribution < -0.4 is 10.2 Å². The molecule has 0 saturated carbocycles. The Bertz CT molecular complexity index is 972. The summed E-state index contributed by atoms with van der Waals surface area (Å²) < 4.78 is 5.80. The quantitative estimate of drug-likeness (QED) is 0.708.